The molecule has 2 atom stereocenters. The first-order chi connectivity index (χ1) is 21.2. The van der Waals surface area contributed by atoms with Crippen molar-refractivity contribution < 1.29 is 27.6 Å². The molecule has 5 aromatic rings. The number of hydrogen-bond donors (Lipinski definition) is 1. The number of benzene rings is 5. The van der Waals surface area contributed by atoms with E-state index in [2.05, 4.69) is 15.9 Å². The fourth-order valence-corrected chi connectivity index (χ4v) is 6.50. The van der Waals surface area contributed by atoms with Gasteiger partial charge in [0.2, 0.25) is 0 Å². The molecule has 0 aliphatic rings. The van der Waals surface area contributed by atoms with Crippen LogP contribution < -0.4 is 4.52 Å². The molecule has 0 saturated carbocycles. The standard InChI is InChI=1S/C36H30BrF2O4P/c37-34-32(22-26-15-7-2-8-16-26)30(24-31(27-17-9-3-10-18-27)35(40)28-19-11-4-12-20-28)29(21-25-13-5-1-6-14-25)23-33(34)43-44(41,42)36(38)39/h1-20,23,31,36H,21-22,24H2,(H,41,42). The summed E-state index contributed by atoms with van der Waals surface area (Å²) in [5, 5.41) is 0. The summed E-state index contributed by atoms with van der Waals surface area (Å²) in [5.41, 5.74) is 5.52. The Balaban J connectivity index is 1.72. The van der Waals surface area contributed by atoms with Gasteiger partial charge >= 0.3 is 13.8 Å². The average Bonchev–Trinajstić information content (AvgIpc) is 3.04. The van der Waals surface area contributed by atoms with E-state index < -0.39 is 19.7 Å². The summed E-state index contributed by atoms with van der Waals surface area (Å²) in [4.78, 5) is 24.1. The van der Waals surface area contributed by atoms with Crippen molar-refractivity contribution in [2.75, 3.05) is 0 Å². The van der Waals surface area contributed by atoms with Crippen LogP contribution in [0.25, 0.3) is 0 Å². The molecular weight excluding hydrogens is 645 g/mol. The highest BCUT2D eigenvalue weighted by atomic mass is 79.9. The number of alkyl halides is 2. The molecule has 44 heavy (non-hydrogen) atoms. The van der Waals surface area contributed by atoms with E-state index >= 15 is 0 Å². The molecule has 0 fully saturated rings. The van der Waals surface area contributed by atoms with Crippen molar-refractivity contribution in [3.8, 4) is 5.75 Å². The van der Waals surface area contributed by atoms with Crippen molar-refractivity contribution in [1.29, 1.82) is 0 Å². The zero-order chi connectivity index (χ0) is 31.1. The van der Waals surface area contributed by atoms with Crippen molar-refractivity contribution in [2.24, 2.45) is 0 Å². The molecule has 0 aromatic heterocycles. The third kappa shape index (κ3) is 7.59. The average molecular weight is 676 g/mol. The minimum Gasteiger partial charge on any atom is -0.420 e. The first-order valence-electron chi connectivity index (χ1n) is 14.1. The van der Waals surface area contributed by atoms with E-state index in [1.165, 1.54) is 0 Å². The van der Waals surface area contributed by atoms with Gasteiger partial charge in [-0.25, -0.2) is 4.57 Å². The highest BCUT2D eigenvalue weighted by Crippen LogP contribution is 2.52. The number of hydrogen-bond acceptors (Lipinski definition) is 3. The van der Waals surface area contributed by atoms with E-state index in [9.17, 15) is 23.0 Å². The lowest BCUT2D eigenvalue weighted by Crippen LogP contribution is -2.18. The van der Waals surface area contributed by atoms with Crippen LogP contribution in [0.15, 0.2) is 132 Å². The number of carbonyl (C=O) groups excluding carboxylic acids is 1. The summed E-state index contributed by atoms with van der Waals surface area (Å²) < 4.78 is 44.9. The Bertz CT molecular complexity index is 1750. The molecule has 0 radical (unpaired) electrons. The Kier molecular flexibility index (Phi) is 10.2. The van der Waals surface area contributed by atoms with Gasteiger partial charge in [-0.1, -0.05) is 121 Å². The summed E-state index contributed by atoms with van der Waals surface area (Å²) >= 11 is 3.55. The van der Waals surface area contributed by atoms with Gasteiger partial charge in [-0.2, -0.15) is 8.78 Å². The second kappa shape index (κ2) is 14.3. The SMILES string of the molecule is O=C(c1ccccc1)C(Cc1c(Cc2ccccc2)cc(OP(=O)(O)C(F)F)c(Br)c1Cc1ccccc1)c1ccccc1. The number of Topliss-reactive ketones (excluding diaryl/α,β-unsaturated/α-hetero) is 1. The lowest BCUT2D eigenvalue weighted by molar-refractivity contribution is 0.0958. The van der Waals surface area contributed by atoms with Crippen LogP contribution in [0.2, 0.25) is 0 Å². The Labute approximate surface area is 264 Å². The van der Waals surface area contributed by atoms with Gasteiger partial charge < -0.3 is 9.42 Å². The number of rotatable bonds is 12. The van der Waals surface area contributed by atoms with Crippen molar-refractivity contribution in [3.05, 3.63) is 171 Å². The van der Waals surface area contributed by atoms with Crippen molar-refractivity contribution >= 4 is 29.3 Å². The fraction of sp³-hybridized carbons (Fsp3) is 0.139. The lowest BCUT2D eigenvalue weighted by atomic mass is 9.81. The second-order valence-corrected chi connectivity index (χ2v) is 13.0. The van der Waals surface area contributed by atoms with E-state index in [0.717, 1.165) is 22.3 Å². The number of carbonyl (C=O) groups is 1. The molecule has 0 aliphatic carbocycles. The first kappa shape index (κ1) is 31.5. The fourth-order valence-electron chi connectivity index (χ4n) is 5.30. The maximum atomic E-state index is 14.1. The zero-order valence-corrected chi connectivity index (χ0v) is 26.1. The van der Waals surface area contributed by atoms with Gasteiger partial charge in [-0.3, -0.25) is 4.79 Å². The molecule has 8 heteroatoms. The first-order valence-corrected chi connectivity index (χ1v) is 16.5. The maximum Gasteiger partial charge on any atom is 0.442 e. The van der Waals surface area contributed by atoms with Gasteiger partial charge in [-0.15, -0.1) is 0 Å². The smallest absolute Gasteiger partial charge is 0.420 e. The molecule has 0 bridgehead atoms. The monoisotopic (exact) mass is 674 g/mol. The number of ketones is 1. The Morgan fingerprint density at radius 2 is 1.25 bits per heavy atom. The molecule has 0 spiro atoms. The molecule has 5 rings (SSSR count). The molecule has 224 valence electrons. The molecule has 0 heterocycles. The minimum atomic E-state index is -5.28. The number of halogens is 3. The molecular formula is C36H30BrF2O4P. The van der Waals surface area contributed by atoms with E-state index in [1.54, 1.807) is 18.2 Å². The summed E-state index contributed by atoms with van der Waals surface area (Å²) in [6, 6.07) is 39.4. The summed E-state index contributed by atoms with van der Waals surface area (Å²) in [6.45, 7) is 0. The van der Waals surface area contributed by atoms with Gasteiger partial charge in [0.1, 0.15) is 5.75 Å². The quantitative estimate of drug-likeness (QED) is 0.106. The van der Waals surface area contributed by atoms with Gasteiger partial charge in [0, 0.05) is 5.56 Å². The Hall–Kier alpha value is -3.90. The maximum absolute atomic E-state index is 14.1. The zero-order valence-electron chi connectivity index (χ0n) is 23.7. The lowest BCUT2D eigenvalue weighted by Gasteiger charge is -2.25. The Morgan fingerprint density at radius 1 is 0.750 bits per heavy atom. The van der Waals surface area contributed by atoms with E-state index in [0.29, 0.717) is 40.4 Å². The topological polar surface area (TPSA) is 63.6 Å². The van der Waals surface area contributed by atoms with Crippen molar-refractivity contribution in [2.45, 2.75) is 31.3 Å². The van der Waals surface area contributed by atoms with Crippen LogP contribution in [0.3, 0.4) is 0 Å². The van der Waals surface area contributed by atoms with Gasteiger partial charge in [-0.05, 0) is 74.6 Å². The highest BCUT2D eigenvalue weighted by molar-refractivity contribution is 9.10. The van der Waals surface area contributed by atoms with Crippen molar-refractivity contribution in [3.63, 3.8) is 0 Å². The highest BCUT2D eigenvalue weighted by Gasteiger charge is 2.36. The van der Waals surface area contributed by atoms with Gasteiger partial charge in [0.15, 0.2) is 5.78 Å². The predicted molar refractivity (Wildman–Crippen MR) is 173 cm³/mol. The van der Waals surface area contributed by atoms with Crippen molar-refractivity contribution in [1.82, 2.24) is 0 Å². The summed E-state index contributed by atoms with van der Waals surface area (Å²) in [6.07, 6.45) is -2.53. The van der Waals surface area contributed by atoms with Gasteiger partial charge in [0.05, 0.1) is 10.4 Å². The van der Waals surface area contributed by atoms with E-state index in [-0.39, 0.29) is 11.5 Å². The minimum absolute atomic E-state index is 0.0536. The van der Waals surface area contributed by atoms with Crippen LogP contribution in [0.4, 0.5) is 8.78 Å². The van der Waals surface area contributed by atoms with E-state index in [4.69, 9.17) is 4.52 Å². The third-order valence-electron chi connectivity index (χ3n) is 7.46. The largest absolute Gasteiger partial charge is 0.442 e. The van der Waals surface area contributed by atoms with Crippen LogP contribution in [-0.4, -0.2) is 16.8 Å². The Morgan fingerprint density at radius 3 is 1.80 bits per heavy atom. The normalized spacial score (nSPS) is 13.3. The predicted octanol–water partition coefficient (Wildman–Crippen LogP) is 9.63. The molecule has 2 unspecified atom stereocenters. The third-order valence-corrected chi connectivity index (χ3v) is 9.28. The summed E-state index contributed by atoms with van der Waals surface area (Å²) in [7, 11) is -5.28. The second-order valence-electron chi connectivity index (χ2n) is 10.5. The van der Waals surface area contributed by atoms with Gasteiger partial charge in [0.25, 0.3) is 0 Å². The van der Waals surface area contributed by atoms with Crippen LogP contribution >= 0.6 is 23.5 Å². The molecule has 0 amide bonds. The molecule has 4 nitrogen and oxygen atoms in total. The van der Waals surface area contributed by atoms with Crippen LogP contribution in [-0.2, 0) is 23.8 Å². The summed E-state index contributed by atoms with van der Waals surface area (Å²) in [5.74, 6) is -0.768. The van der Waals surface area contributed by atoms with Crippen LogP contribution in [0.5, 0.6) is 5.75 Å². The van der Waals surface area contributed by atoms with Crippen LogP contribution in [0.1, 0.15) is 49.7 Å². The molecule has 1 N–H and O–H groups in total. The van der Waals surface area contributed by atoms with E-state index in [1.807, 2.05) is 109 Å². The molecule has 5 aromatic carbocycles. The van der Waals surface area contributed by atoms with Crippen LogP contribution in [0, 0.1) is 0 Å². The molecule has 0 saturated heterocycles. The molecule has 0 aliphatic heterocycles.